The second-order valence-electron chi connectivity index (χ2n) is 6.93. The number of hydrogen-bond donors (Lipinski definition) is 2. The maximum Gasteiger partial charge on any atom is 0.573 e. The lowest BCUT2D eigenvalue weighted by molar-refractivity contribution is -0.274. The van der Waals surface area contributed by atoms with Crippen molar-refractivity contribution in [3.8, 4) is 11.6 Å². The van der Waals surface area contributed by atoms with E-state index in [9.17, 15) is 21.6 Å². The molecule has 0 radical (unpaired) electrons. The Kier molecular flexibility index (Phi) is 6.11. The van der Waals surface area contributed by atoms with Gasteiger partial charge in [0.1, 0.15) is 29.5 Å². The third-order valence-electron chi connectivity index (χ3n) is 4.50. The molecule has 4 aromatic rings. The molecule has 0 saturated carbocycles. The Morgan fingerprint density at radius 3 is 2.24 bits per heavy atom. The van der Waals surface area contributed by atoms with Gasteiger partial charge in [-0.1, -0.05) is 0 Å². The molecule has 0 atom stereocenters. The van der Waals surface area contributed by atoms with Crippen molar-refractivity contribution < 1.29 is 26.3 Å². The van der Waals surface area contributed by atoms with Gasteiger partial charge in [-0.15, -0.1) is 13.2 Å². The van der Waals surface area contributed by atoms with E-state index in [0.29, 0.717) is 17.3 Å². The van der Waals surface area contributed by atoms with Gasteiger partial charge >= 0.3 is 6.36 Å². The molecule has 2 aromatic heterocycles. The number of imidazole rings is 1. The summed E-state index contributed by atoms with van der Waals surface area (Å²) in [5.41, 5.74) is 0.905. The van der Waals surface area contributed by atoms with E-state index in [1.807, 2.05) is 6.92 Å². The highest BCUT2D eigenvalue weighted by molar-refractivity contribution is 7.92. The molecule has 0 fully saturated rings. The van der Waals surface area contributed by atoms with Gasteiger partial charge in [0.25, 0.3) is 10.0 Å². The minimum atomic E-state index is -4.86. The third-order valence-corrected chi connectivity index (χ3v) is 5.90. The van der Waals surface area contributed by atoms with Crippen molar-refractivity contribution in [1.82, 2.24) is 19.5 Å². The van der Waals surface area contributed by atoms with Crippen molar-refractivity contribution in [3.05, 3.63) is 79.1 Å². The molecular weight excluding hydrogens is 473 g/mol. The molecule has 0 amide bonds. The maximum absolute atomic E-state index is 12.5. The molecule has 0 aliphatic carbocycles. The zero-order chi connectivity index (χ0) is 24.3. The van der Waals surface area contributed by atoms with E-state index in [1.54, 1.807) is 35.2 Å². The van der Waals surface area contributed by atoms with Gasteiger partial charge in [-0.25, -0.2) is 23.4 Å². The number of aryl methyl sites for hydroxylation is 1. The van der Waals surface area contributed by atoms with Crippen LogP contribution in [0.3, 0.4) is 0 Å². The first-order chi connectivity index (χ1) is 16.1. The Labute approximate surface area is 192 Å². The molecule has 0 spiro atoms. The first-order valence-corrected chi connectivity index (χ1v) is 11.2. The van der Waals surface area contributed by atoms with Crippen LogP contribution in [0, 0.1) is 6.92 Å². The van der Waals surface area contributed by atoms with Gasteiger partial charge in [-0.3, -0.25) is 9.29 Å². The SMILES string of the molecule is Cc1nccn1-c1cc(Nc2ccc(NS(=O)(=O)c3ccc(OC(F)(F)F)cc3)cc2)ncn1. The summed E-state index contributed by atoms with van der Waals surface area (Å²) < 4.78 is 69.8. The van der Waals surface area contributed by atoms with E-state index in [4.69, 9.17) is 0 Å². The van der Waals surface area contributed by atoms with Crippen LogP contribution in [-0.4, -0.2) is 34.3 Å². The smallest absolute Gasteiger partial charge is 0.406 e. The van der Waals surface area contributed by atoms with Gasteiger partial charge in [0.15, 0.2) is 0 Å². The van der Waals surface area contributed by atoms with Crippen molar-refractivity contribution >= 4 is 27.2 Å². The molecule has 0 saturated heterocycles. The van der Waals surface area contributed by atoms with E-state index in [1.165, 1.54) is 18.5 Å². The summed E-state index contributed by atoms with van der Waals surface area (Å²) in [6.45, 7) is 1.85. The number of nitrogens with one attached hydrogen (secondary N) is 2. The van der Waals surface area contributed by atoms with E-state index >= 15 is 0 Å². The molecule has 2 aromatic carbocycles. The zero-order valence-electron chi connectivity index (χ0n) is 17.5. The lowest BCUT2D eigenvalue weighted by atomic mass is 10.3. The van der Waals surface area contributed by atoms with Crippen molar-refractivity contribution in [3.63, 3.8) is 0 Å². The minimum absolute atomic E-state index is 0.215. The first-order valence-electron chi connectivity index (χ1n) is 9.67. The second-order valence-corrected chi connectivity index (χ2v) is 8.62. The van der Waals surface area contributed by atoms with Crippen LogP contribution >= 0.6 is 0 Å². The highest BCUT2D eigenvalue weighted by atomic mass is 32.2. The summed E-state index contributed by atoms with van der Waals surface area (Å²) in [6.07, 6.45) is -0.0148. The molecular formula is C21H17F3N6O3S. The van der Waals surface area contributed by atoms with Crippen molar-refractivity contribution in [2.45, 2.75) is 18.2 Å². The van der Waals surface area contributed by atoms with Crippen LogP contribution in [0.5, 0.6) is 5.75 Å². The van der Waals surface area contributed by atoms with Gasteiger partial charge in [-0.05, 0) is 55.5 Å². The molecule has 2 N–H and O–H groups in total. The van der Waals surface area contributed by atoms with Gasteiger partial charge in [0, 0.05) is 29.8 Å². The van der Waals surface area contributed by atoms with Crippen molar-refractivity contribution in [2.75, 3.05) is 10.0 Å². The van der Waals surface area contributed by atoms with Crippen LogP contribution in [0.4, 0.5) is 30.4 Å². The standard InChI is InChI=1S/C21H17F3N6O3S/c1-14-25-10-11-30(14)20-12-19(26-13-27-20)28-15-2-4-16(5-3-15)29-34(31,32)18-8-6-17(7-9-18)33-21(22,23)24/h2-13,29H,1H3,(H,26,27,28). The van der Waals surface area contributed by atoms with Gasteiger partial charge < -0.3 is 10.1 Å². The number of sulfonamides is 1. The number of nitrogens with zero attached hydrogens (tertiary/aromatic N) is 4. The van der Waals surface area contributed by atoms with Crippen molar-refractivity contribution in [2.24, 2.45) is 0 Å². The molecule has 0 unspecified atom stereocenters. The summed E-state index contributed by atoms with van der Waals surface area (Å²) >= 11 is 0. The third kappa shape index (κ3) is 5.61. The number of rotatable bonds is 7. The number of benzene rings is 2. The predicted octanol–water partition coefficient (Wildman–Crippen LogP) is 4.41. The normalized spacial score (nSPS) is 11.8. The number of alkyl halides is 3. The van der Waals surface area contributed by atoms with E-state index in [2.05, 4.69) is 29.7 Å². The summed E-state index contributed by atoms with van der Waals surface area (Å²) in [4.78, 5) is 12.3. The number of halogens is 3. The fourth-order valence-electron chi connectivity index (χ4n) is 2.97. The Bertz CT molecular complexity index is 1390. The molecule has 4 rings (SSSR count). The maximum atomic E-state index is 12.5. The minimum Gasteiger partial charge on any atom is -0.406 e. The molecule has 0 bridgehead atoms. The molecule has 0 aliphatic rings. The van der Waals surface area contributed by atoms with Gasteiger partial charge in [0.05, 0.1) is 4.90 Å². The first kappa shape index (κ1) is 23.0. The summed E-state index contributed by atoms with van der Waals surface area (Å²) in [6, 6.07) is 12.0. The Balaban J connectivity index is 1.43. The Morgan fingerprint density at radius 1 is 0.941 bits per heavy atom. The monoisotopic (exact) mass is 490 g/mol. The predicted molar refractivity (Wildman–Crippen MR) is 118 cm³/mol. The Morgan fingerprint density at radius 2 is 1.62 bits per heavy atom. The highest BCUT2D eigenvalue weighted by Gasteiger charge is 2.31. The second kappa shape index (κ2) is 9.02. The highest BCUT2D eigenvalue weighted by Crippen LogP contribution is 2.25. The fourth-order valence-corrected chi connectivity index (χ4v) is 4.03. The lowest BCUT2D eigenvalue weighted by Crippen LogP contribution is -2.17. The number of hydrogen-bond acceptors (Lipinski definition) is 7. The topological polar surface area (TPSA) is 111 Å². The van der Waals surface area contributed by atoms with Crippen LogP contribution in [-0.2, 0) is 10.0 Å². The van der Waals surface area contributed by atoms with Gasteiger partial charge in [0.2, 0.25) is 0 Å². The van der Waals surface area contributed by atoms with Crippen LogP contribution < -0.4 is 14.8 Å². The van der Waals surface area contributed by atoms with Crippen LogP contribution in [0.1, 0.15) is 5.82 Å². The summed E-state index contributed by atoms with van der Waals surface area (Å²) in [5.74, 6) is 1.40. The van der Waals surface area contributed by atoms with E-state index in [0.717, 1.165) is 30.1 Å². The van der Waals surface area contributed by atoms with Crippen LogP contribution in [0.2, 0.25) is 0 Å². The average molecular weight is 490 g/mol. The molecule has 13 heteroatoms. The number of aromatic nitrogens is 4. The lowest BCUT2D eigenvalue weighted by Gasteiger charge is -2.12. The zero-order valence-corrected chi connectivity index (χ0v) is 18.3. The molecule has 176 valence electrons. The van der Waals surface area contributed by atoms with E-state index < -0.39 is 22.1 Å². The van der Waals surface area contributed by atoms with Crippen LogP contribution in [0.15, 0.2) is 78.2 Å². The van der Waals surface area contributed by atoms with Crippen molar-refractivity contribution in [1.29, 1.82) is 0 Å². The Hall–Kier alpha value is -4.13. The van der Waals surface area contributed by atoms with Gasteiger partial charge in [-0.2, -0.15) is 0 Å². The largest absolute Gasteiger partial charge is 0.573 e. The quantitative estimate of drug-likeness (QED) is 0.395. The fraction of sp³-hybridized carbons (Fsp3) is 0.0952. The molecule has 34 heavy (non-hydrogen) atoms. The van der Waals surface area contributed by atoms with E-state index in [-0.39, 0.29) is 10.6 Å². The average Bonchev–Trinajstić information content (AvgIpc) is 3.20. The van der Waals surface area contributed by atoms with Crippen LogP contribution in [0.25, 0.3) is 5.82 Å². The number of anilines is 3. The molecule has 2 heterocycles. The summed E-state index contributed by atoms with van der Waals surface area (Å²) in [7, 11) is -4.02. The number of ether oxygens (including phenoxy) is 1. The molecule has 9 nitrogen and oxygen atoms in total. The molecule has 0 aliphatic heterocycles. The summed E-state index contributed by atoms with van der Waals surface area (Å²) in [5, 5.41) is 3.10.